The fourth-order valence-corrected chi connectivity index (χ4v) is 4.68. The molecule has 0 radical (unpaired) electrons. The molecule has 4 rings (SSSR count). The minimum atomic E-state index is -0.887. The van der Waals surface area contributed by atoms with Crippen LogP contribution in [0.1, 0.15) is 23.7 Å². The van der Waals surface area contributed by atoms with Gasteiger partial charge >= 0.3 is 0 Å². The number of nitrogens with one attached hydrogen (secondary N) is 1. The van der Waals surface area contributed by atoms with Gasteiger partial charge in [-0.15, -0.1) is 0 Å². The van der Waals surface area contributed by atoms with Gasteiger partial charge in [0.05, 0.1) is 11.8 Å². The van der Waals surface area contributed by atoms with Gasteiger partial charge in [-0.1, -0.05) is 24.3 Å². The van der Waals surface area contributed by atoms with Crippen molar-refractivity contribution in [3.63, 3.8) is 0 Å². The average molecular weight is 447 g/mol. The summed E-state index contributed by atoms with van der Waals surface area (Å²) < 4.78 is 35.6. The smallest absolute Gasteiger partial charge is 0.263 e. The van der Waals surface area contributed by atoms with Gasteiger partial charge in [0, 0.05) is 31.9 Å². The molecule has 0 atom stereocenters. The van der Waals surface area contributed by atoms with Crippen LogP contribution in [0.2, 0.25) is 0 Å². The minimum Gasteiger partial charge on any atom is -0.494 e. The lowest BCUT2D eigenvalue weighted by molar-refractivity contribution is 0.101. The molecule has 164 valence electrons. The van der Waals surface area contributed by atoms with Crippen molar-refractivity contribution in [2.75, 3.05) is 50.1 Å². The number of amides is 1. The summed E-state index contributed by atoms with van der Waals surface area (Å²) in [6.07, 6.45) is 1.08. The SMILES string of the molecule is CCCN1CCN(c2cc(F)c(C(=O)Nc3nc4c(OC)cccc4s3)c(F)c2)CC1. The largest absolute Gasteiger partial charge is 0.494 e. The summed E-state index contributed by atoms with van der Waals surface area (Å²) in [5, 5.41) is 2.76. The number of hydrogen-bond acceptors (Lipinski definition) is 6. The first kappa shape index (κ1) is 21.5. The maximum Gasteiger partial charge on any atom is 0.263 e. The summed E-state index contributed by atoms with van der Waals surface area (Å²) in [4.78, 5) is 21.2. The number of rotatable bonds is 6. The Labute approximate surface area is 183 Å². The van der Waals surface area contributed by atoms with Gasteiger partial charge in [-0.3, -0.25) is 15.0 Å². The number of ether oxygens (including phenoxy) is 1. The van der Waals surface area contributed by atoms with Gasteiger partial charge in [-0.25, -0.2) is 13.8 Å². The van der Waals surface area contributed by atoms with Crippen LogP contribution in [0.15, 0.2) is 30.3 Å². The predicted octanol–water partition coefficient (Wildman–Crippen LogP) is 4.37. The molecule has 31 heavy (non-hydrogen) atoms. The third-order valence-electron chi connectivity index (χ3n) is 5.35. The number of anilines is 2. The fourth-order valence-electron chi connectivity index (χ4n) is 3.81. The summed E-state index contributed by atoms with van der Waals surface area (Å²) in [5.41, 5.74) is 0.427. The highest BCUT2D eigenvalue weighted by Gasteiger charge is 2.23. The van der Waals surface area contributed by atoms with Crippen molar-refractivity contribution in [2.45, 2.75) is 13.3 Å². The van der Waals surface area contributed by atoms with Gasteiger partial charge in [-0.2, -0.15) is 0 Å². The first-order valence-electron chi connectivity index (χ1n) is 10.2. The molecule has 0 bridgehead atoms. The molecule has 1 N–H and O–H groups in total. The number of aromatic nitrogens is 1. The first-order chi connectivity index (χ1) is 15.0. The summed E-state index contributed by atoms with van der Waals surface area (Å²) in [7, 11) is 1.53. The number of nitrogens with zero attached hydrogens (tertiary/aromatic N) is 3. The van der Waals surface area contributed by atoms with Crippen molar-refractivity contribution >= 4 is 38.3 Å². The molecule has 2 heterocycles. The molecule has 0 aliphatic carbocycles. The predicted molar refractivity (Wildman–Crippen MR) is 119 cm³/mol. The molecule has 0 spiro atoms. The number of hydrogen-bond donors (Lipinski definition) is 1. The van der Waals surface area contributed by atoms with Crippen LogP contribution in [0.4, 0.5) is 19.6 Å². The van der Waals surface area contributed by atoms with Gasteiger partial charge in [0.15, 0.2) is 5.13 Å². The van der Waals surface area contributed by atoms with Gasteiger partial charge in [0.25, 0.3) is 5.91 Å². The molecule has 1 aliphatic rings. The van der Waals surface area contributed by atoms with Crippen molar-refractivity contribution in [3.05, 3.63) is 47.5 Å². The lowest BCUT2D eigenvalue weighted by Gasteiger charge is -2.36. The van der Waals surface area contributed by atoms with Crippen LogP contribution < -0.4 is 15.0 Å². The number of fused-ring (bicyclic) bond motifs is 1. The quantitative estimate of drug-likeness (QED) is 0.610. The van der Waals surface area contributed by atoms with E-state index in [0.29, 0.717) is 30.0 Å². The summed E-state index contributed by atoms with van der Waals surface area (Å²) in [5.74, 6) is -2.08. The van der Waals surface area contributed by atoms with E-state index < -0.39 is 23.1 Å². The minimum absolute atomic E-state index is 0.249. The molecule has 1 amide bonds. The maximum absolute atomic E-state index is 14.8. The number of carbonyl (C=O) groups excluding carboxylic acids is 1. The van der Waals surface area contributed by atoms with E-state index in [1.54, 1.807) is 6.07 Å². The molecule has 1 aliphatic heterocycles. The fraction of sp³-hybridized carbons (Fsp3) is 0.364. The van der Waals surface area contributed by atoms with Crippen LogP contribution >= 0.6 is 11.3 Å². The van der Waals surface area contributed by atoms with Gasteiger partial charge < -0.3 is 9.64 Å². The van der Waals surface area contributed by atoms with Crippen molar-refractivity contribution in [1.29, 1.82) is 0 Å². The third kappa shape index (κ3) is 4.47. The second kappa shape index (κ2) is 9.15. The number of thiazole rings is 1. The van der Waals surface area contributed by atoms with E-state index in [2.05, 4.69) is 22.1 Å². The second-order valence-corrected chi connectivity index (χ2v) is 8.42. The van der Waals surface area contributed by atoms with E-state index >= 15 is 0 Å². The molecular weight excluding hydrogens is 422 g/mol. The van der Waals surface area contributed by atoms with E-state index in [4.69, 9.17) is 4.74 Å². The van der Waals surface area contributed by atoms with Crippen LogP contribution in [-0.4, -0.2) is 55.6 Å². The van der Waals surface area contributed by atoms with E-state index in [-0.39, 0.29) is 5.13 Å². The van der Waals surface area contributed by atoms with Crippen molar-refractivity contribution in [2.24, 2.45) is 0 Å². The molecule has 1 saturated heterocycles. The Morgan fingerprint density at radius 1 is 1.19 bits per heavy atom. The third-order valence-corrected chi connectivity index (χ3v) is 6.29. The summed E-state index contributed by atoms with van der Waals surface area (Å²) in [6.45, 7) is 6.23. The zero-order valence-corrected chi connectivity index (χ0v) is 18.3. The first-order valence-corrected chi connectivity index (χ1v) is 11.0. The van der Waals surface area contributed by atoms with Crippen molar-refractivity contribution in [1.82, 2.24) is 9.88 Å². The Morgan fingerprint density at radius 2 is 1.90 bits per heavy atom. The van der Waals surface area contributed by atoms with Crippen LogP contribution in [0.5, 0.6) is 5.75 Å². The Morgan fingerprint density at radius 3 is 2.55 bits per heavy atom. The second-order valence-electron chi connectivity index (χ2n) is 7.39. The molecule has 1 fully saturated rings. The summed E-state index contributed by atoms with van der Waals surface area (Å²) in [6, 6.07) is 7.87. The van der Waals surface area contributed by atoms with Crippen LogP contribution in [-0.2, 0) is 0 Å². The molecule has 1 aromatic heterocycles. The van der Waals surface area contributed by atoms with E-state index in [1.807, 2.05) is 17.0 Å². The molecule has 0 unspecified atom stereocenters. The van der Waals surface area contributed by atoms with Gasteiger partial charge in [-0.05, 0) is 37.2 Å². The van der Waals surface area contributed by atoms with E-state index in [0.717, 1.165) is 30.8 Å². The van der Waals surface area contributed by atoms with Crippen LogP contribution in [0, 0.1) is 11.6 Å². The highest BCUT2D eigenvalue weighted by Crippen LogP contribution is 2.32. The van der Waals surface area contributed by atoms with Crippen molar-refractivity contribution in [3.8, 4) is 5.75 Å². The van der Waals surface area contributed by atoms with E-state index in [1.165, 1.54) is 30.6 Å². The Balaban J connectivity index is 1.51. The topological polar surface area (TPSA) is 57.7 Å². The lowest BCUT2D eigenvalue weighted by Crippen LogP contribution is -2.46. The Hall–Kier alpha value is -2.78. The Bertz CT molecular complexity index is 1070. The average Bonchev–Trinajstić information content (AvgIpc) is 3.16. The highest BCUT2D eigenvalue weighted by atomic mass is 32.1. The maximum atomic E-state index is 14.8. The highest BCUT2D eigenvalue weighted by molar-refractivity contribution is 7.22. The lowest BCUT2D eigenvalue weighted by atomic mass is 10.1. The zero-order valence-electron chi connectivity index (χ0n) is 17.5. The summed E-state index contributed by atoms with van der Waals surface area (Å²) >= 11 is 1.21. The molecule has 3 aromatic rings. The molecule has 6 nitrogen and oxygen atoms in total. The standard InChI is InChI=1S/C22H24F2N4O2S/c1-3-7-27-8-10-28(11-9-27)14-12-15(23)19(16(24)13-14)21(29)26-22-25-20-17(30-2)5-4-6-18(20)31-22/h4-6,12-13H,3,7-11H2,1-2H3,(H,25,26,29). The molecule has 0 saturated carbocycles. The molecule has 2 aromatic carbocycles. The van der Waals surface area contributed by atoms with Gasteiger partial charge in [0.2, 0.25) is 0 Å². The van der Waals surface area contributed by atoms with E-state index in [9.17, 15) is 13.6 Å². The number of halogens is 2. The number of carbonyl (C=O) groups is 1. The normalized spacial score (nSPS) is 14.8. The number of para-hydroxylation sites is 1. The monoisotopic (exact) mass is 446 g/mol. The zero-order chi connectivity index (χ0) is 22.0. The van der Waals surface area contributed by atoms with Crippen LogP contribution in [0.3, 0.4) is 0 Å². The van der Waals surface area contributed by atoms with Crippen LogP contribution in [0.25, 0.3) is 10.2 Å². The van der Waals surface area contributed by atoms with Crippen molar-refractivity contribution < 1.29 is 18.3 Å². The number of piperazine rings is 1. The van der Waals surface area contributed by atoms with Gasteiger partial charge in [0.1, 0.15) is 28.5 Å². The number of benzene rings is 2. The number of methoxy groups -OCH3 is 1. The molecule has 9 heteroatoms. The Kier molecular flexibility index (Phi) is 6.33. The molecular formula is C22H24F2N4O2S.